The molecule has 1 aromatic carbocycles. The Labute approximate surface area is 99.4 Å². The van der Waals surface area contributed by atoms with Gasteiger partial charge < -0.3 is 14.4 Å². The Morgan fingerprint density at radius 2 is 2.24 bits per heavy atom. The Balaban J connectivity index is 2.16. The number of rotatable bonds is 5. The van der Waals surface area contributed by atoms with Gasteiger partial charge in [0.25, 0.3) is 0 Å². The van der Waals surface area contributed by atoms with Crippen molar-refractivity contribution in [2.75, 3.05) is 7.11 Å². The fourth-order valence-corrected chi connectivity index (χ4v) is 1.90. The number of aromatic nitrogens is 1. The van der Waals surface area contributed by atoms with Crippen LogP contribution in [-0.2, 0) is 11.3 Å². The number of carboxylic acid groups (broad SMARTS) is 1. The molecule has 90 valence electrons. The standard InChI is InChI=1S/C13H15NO3/c1-17-11-4-5-12-10(9-11)6-8-14(12)7-2-3-13(15)16/h4-6,8-9H,2-3,7H2,1H3,(H,15,16). The Bertz CT molecular complexity index is 530. The van der Waals surface area contributed by atoms with Crippen molar-refractivity contribution in [3.63, 3.8) is 0 Å². The molecule has 0 aliphatic rings. The molecular formula is C13H15NO3. The molecule has 0 radical (unpaired) electrons. The van der Waals surface area contributed by atoms with Gasteiger partial charge in [-0.05, 0) is 30.7 Å². The number of hydrogen-bond acceptors (Lipinski definition) is 2. The number of carbonyl (C=O) groups is 1. The number of aryl methyl sites for hydroxylation is 1. The number of aliphatic carboxylic acids is 1. The Morgan fingerprint density at radius 1 is 1.41 bits per heavy atom. The summed E-state index contributed by atoms with van der Waals surface area (Å²) in [6.45, 7) is 0.724. The van der Waals surface area contributed by atoms with Crippen LogP contribution in [0.2, 0.25) is 0 Å². The topological polar surface area (TPSA) is 51.5 Å². The number of fused-ring (bicyclic) bond motifs is 1. The maximum Gasteiger partial charge on any atom is 0.303 e. The van der Waals surface area contributed by atoms with E-state index in [1.165, 1.54) is 0 Å². The first-order valence-electron chi connectivity index (χ1n) is 5.55. The van der Waals surface area contributed by atoms with E-state index in [0.717, 1.165) is 23.2 Å². The zero-order valence-electron chi connectivity index (χ0n) is 9.72. The van der Waals surface area contributed by atoms with Gasteiger partial charge in [0, 0.05) is 30.1 Å². The summed E-state index contributed by atoms with van der Waals surface area (Å²) in [6.07, 6.45) is 2.83. The number of nitrogens with zero attached hydrogens (tertiary/aromatic N) is 1. The van der Waals surface area contributed by atoms with Crippen LogP contribution in [0.3, 0.4) is 0 Å². The minimum atomic E-state index is -0.747. The highest BCUT2D eigenvalue weighted by Crippen LogP contribution is 2.22. The second-order valence-electron chi connectivity index (χ2n) is 3.93. The van der Waals surface area contributed by atoms with E-state index in [9.17, 15) is 4.79 Å². The van der Waals surface area contributed by atoms with Crippen molar-refractivity contribution in [1.29, 1.82) is 0 Å². The molecule has 4 heteroatoms. The van der Waals surface area contributed by atoms with Gasteiger partial charge in [-0.1, -0.05) is 0 Å². The smallest absolute Gasteiger partial charge is 0.303 e. The second kappa shape index (κ2) is 4.91. The van der Waals surface area contributed by atoms with Crippen LogP contribution < -0.4 is 4.74 Å². The first-order valence-corrected chi connectivity index (χ1v) is 5.55. The molecule has 1 N–H and O–H groups in total. The van der Waals surface area contributed by atoms with E-state index in [2.05, 4.69) is 4.57 Å². The fraction of sp³-hybridized carbons (Fsp3) is 0.308. The van der Waals surface area contributed by atoms with Crippen molar-refractivity contribution in [1.82, 2.24) is 4.57 Å². The largest absolute Gasteiger partial charge is 0.497 e. The molecule has 0 aliphatic carbocycles. The van der Waals surface area contributed by atoms with Gasteiger partial charge in [0.05, 0.1) is 7.11 Å². The predicted octanol–water partition coefficient (Wildman–Crippen LogP) is 2.51. The number of ether oxygens (including phenoxy) is 1. The third-order valence-corrected chi connectivity index (χ3v) is 2.77. The number of methoxy groups -OCH3 is 1. The quantitative estimate of drug-likeness (QED) is 0.863. The number of hydrogen-bond donors (Lipinski definition) is 1. The van der Waals surface area contributed by atoms with Gasteiger partial charge in [0.2, 0.25) is 0 Å². The molecule has 4 nitrogen and oxygen atoms in total. The maximum absolute atomic E-state index is 10.4. The molecular weight excluding hydrogens is 218 g/mol. The molecule has 1 aromatic heterocycles. The van der Waals surface area contributed by atoms with Crippen molar-refractivity contribution in [2.24, 2.45) is 0 Å². The lowest BCUT2D eigenvalue weighted by molar-refractivity contribution is -0.137. The van der Waals surface area contributed by atoms with E-state index in [0.29, 0.717) is 6.42 Å². The van der Waals surface area contributed by atoms with Crippen LogP contribution in [0.1, 0.15) is 12.8 Å². The summed E-state index contributed by atoms with van der Waals surface area (Å²) < 4.78 is 7.22. The SMILES string of the molecule is COc1ccc2c(ccn2CCCC(=O)O)c1. The highest BCUT2D eigenvalue weighted by Gasteiger charge is 2.03. The molecule has 0 fully saturated rings. The minimum Gasteiger partial charge on any atom is -0.497 e. The summed E-state index contributed by atoms with van der Waals surface area (Å²) in [4.78, 5) is 10.4. The number of benzene rings is 1. The lowest BCUT2D eigenvalue weighted by Crippen LogP contribution is -2.00. The summed E-state index contributed by atoms with van der Waals surface area (Å²) in [6, 6.07) is 7.90. The van der Waals surface area contributed by atoms with E-state index in [1.807, 2.05) is 30.5 Å². The predicted molar refractivity (Wildman–Crippen MR) is 65.4 cm³/mol. The van der Waals surface area contributed by atoms with Crippen LogP contribution in [0.15, 0.2) is 30.5 Å². The van der Waals surface area contributed by atoms with Gasteiger partial charge in [0.15, 0.2) is 0 Å². The molecule has 0 bridgehead atoms. The monoisotopic (exact) mass is 233 g/mol. The van der Waals surface area contributed by atoms with E-state index in [1.54, 1.807) is 7.11 Å². The summed E-state index contributed by atoms with van der Waals surface area (Å²) in [5, 5.41) is 9.71. The summed E-state index contributed by atoms with van der Waals surface area (Å²) in [5.41, 5.74) is 1.11. The Kier molecular flexibility index (Phi) is 3.32. The van der Waals surface area contributed by atoms with Crippen molar-refractivity contribution in [3.05, 3.63) is 30.5 Å². The summed E-state index contributed by atoms with van der Waals surface area (Å²) in [7, 11) is 1.64. The molecule has 0 saturated heterocycles. The van der Waals surface area contributed by atoms with E-state index in [4.69, 9.17) is 9.84 Å². The second-order valence-corrected chi connectivity index (χ2v) is 3.93. The van der Waals surface area contributed by atoms with Crippen LogP contribution >= 0.6 is 0 Å². The van der Waals surface area contributed by atoms with Crippen LogP contribution in [0.5, 0.6) is 5.75 Å². The van der Waals surface area contributed by atoms with E-state index in [-0.39, 0.29) is 6.42 Å². The van der Waals surface area contributed by atoms with E-state index >= 15 is 0 Å². The lowest BCUT2D eigenvalue weighted by atomic mass is 10.2. The van der Waals surface area contributed by atoms with Crippen LogP contribution in [0, 0.1) is 0 Å². The van der Waals surface area contributed by atoms with Crippen molar-refractivity contribution in [2.45, 2.75) is 19.4 Å². The van der Waals surface area contributed by atoms with Crippen molar-refractivity contribution in [3.8, 4) is 5.75 Å². The third kappa shape index (κ3) is 2.58. The molecule has 0 atom stereocenters. The van der Waals surface area contributed by atoms with Crippen molar-refractivity contribution >= 4 is 16.9 Å². The molecule has 2 rings (SSSR count). The van der Waals surface area contributed by atoms with Gasteiger partial charge in [-0.15, -0.1) is 0 Å². The van der Waals surface area contributed by atoms with Crippen LogP contribution in [0.25, 0.3) is 10.9 Å². The molecule has 17 heavy (non-hydrogen) atoms. The van der Waals surface area contributed by atoms with Gasteiger partial charge in [-0.3, -0.25) is 4.79 Å². The number of carboxylic acids is 1. The van der Waals surface area contributed by atoms with Gasteiger partial charge in [-0.2, -0.15) is 0 Å². The highest BCUT2D eigenvalue weighted by atomic mass is 16.5. The zero-order valence-corrected chi connectivity index (χ0v) is 9.72. The van der Waals surface area contributed by atoms with Gasteiger partial charge in [-0.25, -0.2) is 0 Å². The molecule has 0 saturated carbocycles. The molecule has 0 amide bonds. The Hall–Kier alpha value is -1.97. The van der Waals surface area contributed by atoms with E-state index < -0.39 is 5.97 Å². The molecule has 0 aliphatic heterocycles. The molecule has 0 spiro atoms. The Morgan fingerprint density at radius 3 is 2.94 bits per heavy atom. The molecule has 1 heterocycles. The zero-order chi connectivity index (χ0) is 12.3. The molecule has 0 unspecified atom stereocenters. The third-order valence-electron chi connectivity index (χ3n) is 2.77. The average molecular weight is 233 g/mol. The molecule has 2 aromatic rings. The van der Waals surface area contributed by atoms with Crippen molar-refractivity contribution < 1.29 is 14.6 Å². The van der Waals surface area contributed by atoms with Gasteiger partial charge in [0.1, 0.15) is 5.75 Å². The van der Waals surface area contributed by atoms with Gasteiger partial charge >= 0.3 is 5.97 Å². The van der Waals surface area contributed by atoms with Crippen LogP contribution in [0.4, 0.5) is 0 Å². The summed E-state index contributed by atoms with van der Waals surface area (Å²) >= 11 is 0. The maximum atomic E-state index is 10.4. The first kappa shape index (κ1) is 11.5. The minimum absolute atomic E-state index is 0.204. The lowest BCUT2D eigenvalue weighted by Gasteiger charge is -2.05. The van der Waals surface area contributed by atoms with Crippen LogP contribution in [-0.4, -0.2) is 22.8 Å². The summed E-state index contributed by atoms with van der Waals surface area (Å²) in [5.74, 6) is 0.0870. The average Bonchev–Trinajstić information content (AvgIpc) is 2.71. The first-order chi connectivity index (χ1) is 8.20. The fourth-order valence-electron chi connectivity index (χ4n) is 1.90. The highest BCUT2D eigenvalue weighted by molar-refractivity contribution is 5.81. The normalized spacial score (nSPS) is 10.6.